The molecular weight excluding hydrogens is 294 g/mol. The van der Waals surface area contributed by atoms with Crippen molar-refractivity contribution in [3.63, 3.8) is 0 Å². The van der Waals surface area contributed by atoms with E-state index in [9.17, 15) is 24.8 Å². The standard InChI is InChI=1S/C13H17N3O6/c1-7-5-10(16(21)22)8(2)4-9(7)15-12(19)14-6-13(3,20)11(17)18/h4-5,20H,6H2,1-3H3,(H,17,18)(H2,14,15,19). The van der Waals surface area contributed by atoms with Crippen LogP contribution >= 0.6 is 0 Å². The Bertz CT molecular complexity index is 626. The molecule has 0 aliphatic rings. The first-order chi connectivity index (χ1) is 10.0. The molecule has 0 aliphatic carbocycles. The summed E-state index contributed by atoms with van der Waals surface area (Å²) >= 11 is 0. The number of anilines is 1. The van der Waals surface area contributed by atoms with Crippen molar-refractivity contribution in [3.05, 3.63) is 33.4 Å². The molecule has 1 aromatic carbocycles. The molecule has 0 heterocycles. The van der Waals surface area contributed by atoms with Gasteiger partial charge in [-0.2, -0.15) is 0 Å². The highest BCUT2D eigenvalue weighted by Gasteiger charge is 2.30. The SMILES string of the molecule is Cc1cc([N+](=O)[O-])c(C)cc1NC(=O)NCC(C)(O)C(=O)O. The number of hydrogen-bond acceptors (Lipinski definition) is 5. The Morgan fingerprint density at radius 3 is 2.41 bits per heavy atom. The molecule has 0 radical (unpaired) electrons. The van der Waals surface area contributed by atoms with Crippen molar-refractivity contribution in [2.45, 2.75) is 26.4 Å². The zero-order valence-corrected chi connectivity index (χ0v) is 12.3. The Labute approximate surface area is 126 Å². The van der Waals surface area contributed by atoms with Crippen LogP contribution in [0.2, 0.25) is 0 Å². The average Bonchev–Trinajstić information content (AvgIpc) is 2.39. The molecule has 4 N–H and O–H groups in total. The molecular formula is C13H17N3O6. The fraction of sp³-hybridized carbons (Fsp3) is 0.385. The smallest absolute Gasteiger partial charge is 0.337 e. The number of carbonyl (C=O) groups excluding carboxylic acids is 1. The third-order valence-electron chi connectivity index (χ3n) is 3.04. The van der Waals surface area contributed by atoms with E-state index in [1.165, 1.54) is 19.1 Å². The number of nitrogens with one attached hydrogen (secondary N) is 2. The van der Waals surface area contributed by atoms with Gasteiger partial charge in [-0.1, -0.05) is 0 Å². The van der Waals surface area contributed by atoms with Gasteiger partial charge >= 0.3 is 12.0 Å². The largest absolute Gasteiger partial charge is 0.479 e. The summed E-state index contributed by atoms with van der Waals surface area (Å²) < 4.78 is 0. The number of amides is 2. The van der Waals surface area contributed by atoms with Crippen molar-refractivity contribution in [1.29, 1.82) is 0 Å². The molecule has 0 fully saturated rings. The number of nitrogens with zero attached hydrogens (tertiary/aromatic N) is 1. The summed E-state index contributed by atoms with van der Waals surface area (Å²) in [6, 6.07) is 2.05. The first-order valence-electron chi connectivity index (χ1n) is 6.31. The van der Waals surface area contributed by atoms with Gasteiger partial charge in [0, 0.05) is 17.3 Å². The minimum absolute atomic E-state index is 0.0581. The Kier molecular flexibility index (Phi) is 5.05. The number of aliphatic carboxylic acids is 1. The molecule has 1 atom stereocenters. The van der Waals surface area contributed by atoms with Gasteiger partial charge in [0.15, 0.2) is 5.60 Å². The highest BCUT2D eigenvalue weighted by atomic mass is 16.6. The topological polar surface area (TPSA) is 142 Å². The molecule has 22 heavy (non-hydrogen) atoms. The van der Waals surface area contributed by atoms with E-state index in [1.54, 1.807) is 6.92 Å². The Morgan fingerprint density at radius 2 is 1.91 bits per heavy atom. The van der Waals surface area contributed by atoms with E-state index in [2.05, 4.69) is 10.6 Å². The van der Waals surface area contributed by atoms with E-state index < -0.39 is 29.1 Å². The second-order valence-electron chi connectivity index (χ2n) is 5.10. The first-order valence-corrected chi connectivity index (χ1v) is 6.31. The van der Waals surface area contributed by atoms with E-state index in [0.29, 0.717) is 16.8 Å². The van der Waals surface area contributed by atoms with Crippen LogP contribution in [-0.4, -0.2) is 39.3 Å². The summed E-state index contributed by atoms with van der Waals surface area (Å²) in [4.78, 5) is 32.7. The van der Waals surface area contributed by atoms with Crippen molar-refractivity contribution < 1.29 is 24.7 Å². The van der Waals surface area contributed by atoms with Crippen LogP contribution in [0.25, 0.3) is 0 Å². The van der Waals surface area contributed by atoms with Crippen LogP contribution < -0.4 is 10.6 Å². The number of nitro groups is 1. The van der Waals surface area contributed by atoms with E-state index in [4.69, 9.17) is 5.11 Å². The molecule has 1 unspecified atom stereocenters. The van der Waals surface area contributed by atoms with Crippen LogP contribution in [0.3, 0.4) is 0 Å². The number of carboxylic acid groups (broad SMARTS) is 1. The fourth-order valence-electron chi connectivity index (χ4n) is 1.63. The van der Waals surface area contributed by atoms with Gasteiger partial charge in [0.05, 0.1) is 11.5 Å². The van der Waals surface area contributed by atoms with E-state index in [1.807, 2.05) is 0 Å². The number of carboxylic acids is 1. The van der Waals surface area contributed by atoms with E-state index >= 15 is 0 Å². The molecule has 0 aliphatic heterocycles. The Balaban J connectivity index is 2.79. The highest BCUT2D eigenvalue weighted by molar-refractivity contribution is 5.91. The van der Waals surface area contributed by atoms with Crippen molar-refractivity contribution in [1.82, 2.24) is 5.32 Å². The van der Waals surface area contributed by atoms with Crippen LogP contribution in [0, 0.1) is 24.0 Å². The average molecular weight is 311 g/mol. The number of nitro benzene ring substituents is 1. The molecule has 0 spiro atoms. The predicted octanol–water partition coefficient (Wildman–Crippen LogP) is 1.17. The molecule has 1 aromatic rings. The number of rotatable bonds is 5. The number of urea groups is 1. The van der Waals surface area contributed by atoms with Crippen LogP contribution in [0.15, 0.2) is 12.1 Å². The molecule has 120 valence electrons. The lowest BCUT2D eigenvalue weighted by Gasteiger charge is -2.18. The molecule has 9 nitrogen and oxygen atoms in total. The van der Waals surface area contributed by atoms with Gasteiger partial charge in [0.2, 0.25) is 0 Å². The van der Waals surface area contributed by atoms with Crippen molar-refractivity contribution in [3.8, 4) is 0 Å². The van der Waals surface area contributed by atoms with Crippen LogP contribution in [-0.2, 0) is 4.79 Å². The molecule has 0 saturated carbocycles. The van der Waals surface area contributed by atoms with Gasteiger partial charge in [-0.25, -0.2) is 9.59 Å². The fourth-order valence-corrected chi connectivity index (χ4v) is 1.63. The summed E-state index contributed by atoms with van der Waals surface area (Å²) in [6.07, 6.45) is 0. The summed E-state index contributed by atoms with van der Waals surface area (Å²) in [5, 5.41) is 33.7. The maximum atomic E-state index is 11.7. The molecule has 9 heteroatoms. The van der Waals surface area contributed by atoms with Gasteiger partial charge in [-0.05, 0) is 32.4 Å². The monoisotopic (exact) mass is 311 g/mol. The number of aliphatic hydroxyl groups is 1. The first kappa shape index (κ1) is 17.4. The number of aryl methyl sites for hydroxylation is 2. The zero-order valence-electron chi connectivity index (χ0n) is 12.3. The summed E-state index contributed by atoms with van der Waals surface area (Å²) in [6.45, 7) is 3.70. The minimum Gasteiger partial charge on any atom is -0.479 e. The number of carbonyl (C=O) groups is 2. The summed E-state index contributed by atoms with van der Waals surface area (Å²) in [5.74, 6) is -1.46. The predicted molar refractivity (Wildman–Crippen MR) is 77.9 cm³/mol. The molecule has 0 bridgehead atoms. The Morgan fingerprint density at radius 1 is 1.32 bits per heavy atom. The maximum absolute atomic E-state index is 11.7. The summed E-state index contributed by atoms with van der Waals surface area (Å²) in [5.41, 5.74) is -0.925. The lowest BCUT2D eigenvalue weighted by molar-refractivity contribution is -0.385. The highest BCUT2D eigenvalue weighted by Crippen LogP contribution is 2.25. The normalized spacial score (nSPS) is 13.1. The number of hydrogen-bond donors (Lipinski definition) is 4. The second kappa shape index (κ2) is 6.39. The third-order valence-corrected chi connectivity index (χ3v) is 3.04. The van der Waals surface area contributed by atoms with Gasteiger partial charge < -0.3 is 20.8 Å². The maximum Gasteiger partial charge on any atom is 0.337 e. The zero-order chi connectivity index (χ0) is 17.1. The van der Waals surface area contributed by atoms with Crippen LogP contribution in [0.5, 0.6) is 0 Å². The lowest BCUT2D eigenvalue weighted by Crippen LogP contribution is -2.47. The van der Waals surface area contributed by atoms with Gasteiger partial charge in [-0.3, -0.25) is 10.1 Å². The van der Waals surface area contributed by atoms with E-state index in [0.717, 1.165) is 6.92 Å². The van der Waals surface area contributed by atoms with Gasteiger partial charge in [-0.15, -0.1) is 0 Å². The van der Waals surface area contributed by atoms with Crippen molar-refractivity contribution in [2.75, 3.05) is 11.9 Å². The van der Waals surface area contributed by atoms with Crippen LogP contribution in [0.1, 0.15) is 18.1 Å². The minimum atomic E-state index is -2.09. The van der Waals surface area contributed by atoms with Crippen molar-refractivity contribution in [2.24, 2.45) is 0 Å². The van der Waals surface area contributed by atoms with Gasteiger partial charge in [0.25, 0.3) is 5.69 Å². The third kappa shape index (κ3) is 4.16. The number of benzene rings is 1. The quantitative estimate of drug-likeness (QED) is 0.475. The Hall–Kier alpha value is -2.68. The summed E-state index contributed by atoms with van der Waals surface area (Å²) in [7, 11) is 0. The second-order valence-corrected chi connectivity index (χ2v) is 5.10. The molecule has 0 aromatic heterocycles. The lowest BCUT2D eigenvalue weighted by atomic mass is 10.1. The van der Waals surface area contributed by atoms with Crippen molar-refractivity contribution >= 4 is 23.4 Å². The molecule has 0 saturated heterocycles. The van der Waals surface area contributed by atoms with E-state index in [-0.39, 0.29) is 5.69 Å². The molecule has 2 amide bonds. The molecule has 1 rings (SSSR count). The van der Waals surface area contributed by atoms with Gasteiger partial charge in [0.1, 0.15) is 0 Å². The van der Waals surface area contributed by atoms with Crippen LogP contribution in [0.4, 0.5) is 16.2 Å².